The van der Waals surface area contributed by atoms with Crippen LogP contribution in [0.4, 0.5) is 0 Å². The van der Waals surface area contributed by atoms with E-state index in [1.807, 2.05) is 0 Å². The molecule has 26 heavy (non-hydrogen) atoms. The fourth-order valence-electron chi connectivity index (χ4n) is 3.25. The number of fused-ring (bicyclic) bond motifs is 1. The van der Waals surface area contributed by atoms with Crippen molar-refractivity contribution < 1.29 is 28.4 Å². The van der Waals surface area contributed by atoms with Crippen molar-refractivity contribution in [1.82, 2.24) is 5.32 Å². The normalized spacial score (nSPS) is 23.1. The van der Waals surface area contributed by atoms with E-state index in [1.54, 1.807) is 18.2 Å². The van der Waals surface area contributed by atoms with Crippen molar-refractivity contribution >= 4 is 22.7 Å². The average Bonchev–Trinajstić information content (AvgIpc) is 2.66. The van der Waals surface area contributed by atoms with Crippen molar-refractivity contribution in [2.24, 2.45) is 5.92 Å². The number of aliphatic carboxylic acids is 1. The summed E-state index contributed by atoms with van der Waals surface area (Å²) in [5.74, 6) is 0.259. The highest BCUT2D eigenvalue weighted by atomic mass is 32.2. The molecule has 0 aromatic heterocycles. The lowest BCUT2D eigenvalue weighted by atomic mass is 9.86. The largest absolute Gasteiger partial charge is 0.486 e. The van der Waals surface area contributed by atoms with Crippen LogP contribution in [0.2, 0.25) is 0 Å². The maximum Gasteiger partial charge on any atom is 0.306 e. The Balaban J connectivity index is 1.44. The van der Waals surface area contributed by atoms with Crippen molar-refractivity contribution in [3.05, 3.63) is 18.2 Å². The summed E-state index contributed by atoms with van der Waals surface area (Å²) in [5, 5.41) is 11.9. The fraction of sp³-hybridized carbons (Fsp3) is 0.556. The molecule has 142 valence electrons. The van der Waals surface area contributed by atoms with Gasteiger partial charge in [-0.25, -0.2) is 0 Å². The van der Waals surface area contributed by atoms with E-state index in [0.29, 0.717) is 55.3 Å². The third-order valence-electron chi connectivity index (χ3n) is 4.73. The highest BCUT2D eigenvalue weighted by Crippen LogP contribution is 2.32. The molecule has 1 aliphatic heterocycles. The summed E-state index contributed by atoms with van der Waals surface area (Å²) in [7, 11) is -1.29. The molecule has 1 saturated carbocycles. The number of carbonyl (C=O) groups excluding carboxylic acids is 1. The molecule has 0 saturated heterocycles. The van der Waals surface area contributed by atoms with Gasteiger partial charge >= 0.3 is 5.97 Å². The first kappa shape index (κ1) is 18.7. The van der Waals surface area contributed by atoms with Gasteiger partial charge < -0.3 is 19.9 Å². The van der Waals surface area contributed by atoms with E-state index >= 15 is 0 Å². The van der Waals surface area contributed by atoms with Gasteiger partial charge in [-0.05, 0) is 37.8 Å². The van der Waals surface area contributed by atoms with Crippen LogP contribution in [0.15, 0.2) is 23.1 Å². The van der Waals surface area contributed by atoms with E-state index in [2.05, 4.69) is 5.32 Å². The topological polar surface area (TPSA) is 102 Å². The Hall–Kier alpha value is -2.09. The van der Waals surface area contributed by atoms with Crippen LogP contribution in [-0.4, -0.2) is 46.2 Å². The summed E-state index contributed by atoms with van der Waals surface area (Å²) >= 11 is 0. The molecule has 1 fully saturated rings. The maximum atomic E-state index is 12.4. The monoisotopic (exact) mass is 381 g/mol. The molecule has 2 aliphatic rings. The first-order chi connectivity index (χ1) is 12.5. The Bertz CT molecular complexity index is 699. The minimum absolute atomic E-state index is 0.0147. The molecule has 0 spiro atoms. The van der Waals surface area contributed by atoms with Crippen LogP contribution in [0.1, 0.15) is 32.1 Å². The summed E-state index contributed by atoms with van der Waals surface area (Å²) in [6.45, 7) is 0.972. The summed E-state index contributed by atoms with van der Waals surface area (Å²) in [6.07, 6.45) is 2.69. The molecule has 1 heterocycles. The zero-order valence-electron chi connectivity index (χ0n) is 14.4. The molecular weight excluding hydrogens is 358 g/mol. The summed E-state index contributed by atoms with van der Waals surface area (Å²) in [6, 6.07) is 5.19. The third-order valence-corrected chi connectivity index (χ3v) is 6.09. The van der Waals surface area contributed by atoms with Gasteiger partial charge in [0, 0.05) is 29.2 Å². The van der Waals surface area contributed by atoms with E-state index in [1.165, 1.54) is 0 Å². The molecular formula is C18H23NO6S. The molecule has 1 atom stereocenters. The number of carboxylic acids is 1. The second-order valence-corrected chi connectivity index (χ2v) is 8.13. The van der Waals surface area contributed by atoms with E-state index < -0.39 is 16.8 Å². The molecule has 2 N–H and O–H groups in total. The Kier molecular flexibility index (Phi) is 6.13. The zero-order valence-corrected chi connectivity index (χ0v) is 15.3. The summed E-state index contributed by atoms with van der Waals surface area (Å²) in [4.78, 5) is 23.7. The van der Waals surface area contributed by atoms with Gasteiger partial charge in [0.2, 0.25) is 5.91 Å². The van der Waals surface area contributed by atoms with Crippen molar-refractivity contribution in [2.45, 2.75) is 43.0 Å². The SMILES string of the molecule is O=C(CCS(=O)c1ccc2c(c1)OCCO2)NC1CCC(C(=O)O)CC1. The molecule has 1 aliphatic carbocycles. The molecule has 1 amide bonds. The Morgan fingerprint density at radius 1 is 1.12 bits per heavy atom. The standard InChI is InChI=1S/C18H23NO6S/c20-17(19-13-3-1-12(2-4-13)18(21)22)7-10-26(23)14-5-6-15-16(11-14)25-9-8-24-15/h5-6,11-13H,1-4,7-10H2,(H,19,20)(H,21,22). The molecule has 0 radical (unpaired) electrons. The van der Waals surface area contributed by atoms with E-state index in [-0.39, 0.29) is 30.0 Å². The van der Waals surface area contributed by atoms with Gasteiger partial charge in [-0.1, -0.05) is 0 Å². The van der Waals surface area contributed by atoms with Crippen LogP contribution < -0.4 is 14.8 Å². The first-order valence-corrected chi connectivity index (χ1v) is 10.1. The van der Waals surface area contributed by atoms with E-state index in [4.69, 9.17) is 14.6 Å². The number of hydrogen-bond donors (Lipinski definition) is 2. The number of nitrogens with one attached hydrogen (secondary N) is 1. The predicted octanol–water partition coefficient (Wildman–Crippen LogP) is 1.72. The minimum atomic E-state index is -1.29. The number of rotatable bonds is 6. The highest BCUT2D eigenvalue weighted by molar-refractivity contribution is 7.85. The quantitative estimate of drug-likeness (QED) is 0.778. The van der Waals surface area contributed by atoms with Crippen LogP contribution in [-0.2, 0) is 20.4 Å². The molecule has 1 unspecified atom stereocenters. The second-order valence-electron chi connectivity index (χ2n) is 6.56. The lowest BCUT2D eigenvalue weighted by Crippen LogP contribution is -2.39. The van der Waals surface area contributed by atoms with Gasteiger partial charge in [0.25, 0.3) is 0 Å². The highest BCUT2D eigenvalue weighted by Gasteiger charge is 2.26. The molecule has 3 rings (SSSR count). The van der Waals surface area contributed by atoms with Crippen LogP contribution in [0.3, 0.4) is 0 Å². The van der Waals surface area contributed by atoms with Crippen molar-refractivity contribution in [1.29, 1.82) is 0 Å². The Labute approximate surface area is 154 Å². The van der Waals surface area contributed by atoms with Gasteiger partial charge in [-0.3, -0.25) is 13.8 Å². The predicted molar refractivity (Wildman–Crippen MR) is 94.8 cm³/mol. The summed E-state index contributed by atoms with van der Waals surface area (Å²) < 4.78 is 23.3. The van der Waals surface area contributed by atoms with Crippen LogP contribution in [0.5, 0.6) is 11.5 Å². The fourth-order valence-corrected chi connectivity index (χ4v) is 4.32. The number of hydrogen-bond acceptors (Lipinski definition) is 5. The van der Waals surface area contributed by atoms with Crippen molar-refractivity contribution in [3.8, 4) is 11.5 Å². The van der Waals surface area contributed by atoms with E-state index in [9.17, 15) is 13.8 Å². The van der Waals surface area contributed by atoms with E-state index in [0.717, 1.165) is 0 Å². The number of ether oxygens (including phenoxy) is 2. The first-order valence-electron chi connectivity index (χ1n) is 8.83. The lowest BCUT2D eigenvalue weighted by Gasteiger charge is -2.26. The molecule has 0 bridgehead atoms. The Morgan fingerprint density at radius 2 is 1.81 bits per heavy atom. The number of carboxylic acid groups (broad SMARTS) is 1. The van der Waals surface area contributed by atoms with Gasteiger partial charge in [0.05, 0.1) is 16.7 Å². The lowest BCUT2D eigenvalue weighted by molar-refractivity contribution is -0.142. The van der Waals surface area contributed by atoms with Crippen LogP contribution in [0.25, 0.3) is 0 Å². The molecule has 7 nitrogen and oxygen atoms in total. The van der Waals surface area contributed by atoms with Crippen LogP contribution in [0, 0.1) is 5.92 Å². The second kappa shape index (κ2) is 8.53. The number of carbonyl (C=O) groups is 2. The Morgan fingerprint density at radius 3 is 2.50 bits per heavy atom. The average molecular weight is 381 g/mol. The third kappa shape index (κ3) is 4.75. The smallest absolute Gasteiger partial charge is 0.306 e. The van der Waals surface area contributed by atoms with Crippen molar-refractivity contribution in [2.75, 3.05) is 19.0 Å². The molecule has 8 heteroatoms. The minimum Gasteiger partial charge on any atom is -0.486 e. The van der Waals surface area contributed by atoms with Crippen LogP contribution >= 0.6 is 0 Å². The summed E-state index contributed by atoms with van der Waals surface area (Å²) in [5.41, 5.74) is 0. The molecule has 1 aromatic carbocycles. The maximum absolute atomic E-state index is 12.4. The zero-order chi connectivity index (χ0) is 18.5. The van der Waals surface area contributed by atoms with Gasteiger partial charge in [0.1, 0.15) is 13.2 Å². The number of benzene rings is 1. The van der Waals surface area contributed by atoms with Gasteiger partial charge in [-0.2, -0.15) is 0 Å². The van der Waals surface area contributed by atoms with Crippen molar-refractivity contribution in [3.63, 3.8) is 0 Å². The van der Waals surface area contributed by atoms with Gasteiger partial charge in [0.15, 0.2) is 11.5 Å². The number of amides is 1. The molecule has 1 aromatic rings. The van der Waals surface area contributed by atoms with Gasteiger partial charge in [-0.15, -0.1) is 0 Å².